The van der Waals surface area contributed by atoms with Crippen LogP contribution in [0.15, 0.2) is 60.7 Å². The zero-order valence-corrected chi connectivity index (χ0v) is 15.7. The molecule has 0 aliphatic carbocycles. The van der Waals surface area contributed by atoms with E-state index in [1.54, 1.807) is 4.90 Å². The third kappa shape index (κ3) is 5.56. The van der Waals surface area contributed by atoms with Crippen LogP contribution in [0.1, 0.15) is 5.56 Å². The Labute approximate surface area is 160 Å². The second-order valence-corrected chi connectivity index (χ2v) is 6.82. The molecule has 1 saturated heterocycles. The number of amides is 3. The van der Waals surface area contributed by atoms with Gasteiger partial charge in [0.15, 0.2) is 0 Å². The Morgan fingerprint density at radius 1 is 0.889 bits per heavy atom. The zero-order chi connectivity index (χ0) is 19.1. The van der Waals surface area contributed by atoms with Crippen molar-refractivity contribution < 1.29 is 9.59 Å². The van der Waals surface area contributed by atoms with Gasteiger partial charge in [0.25, 0.3) is 0 Å². The number of hydrogen-bond donors (Lipinski definition) is 1. The number of hydrogen-bond acceptors (Lipinski definition) is 3. The SMILES string of the molecule is CN(CC(=O)N1CCN(C(=O)Nc2ccccc2)CC1)Cc1ccccc1. The molecule has 0 atom stereocenters. The van der Waals surface area contributed by atoms with E-state index in [1.165, 1.54) is 5.56 Å². The van der Waals surface area contributed by atoms with Gasteiger partial charge in [0.1, 0.15) is 0 Å². The molecular formula is C21H26N4O2. The quantitative estimate of drug-likeness (QED) is 0.885. The number of carbonyl (C=O) groups is 2. The lowest BCUT2D eigenvalue weighted by Gasteiger charge is -2.35. The molecule has 6 heteroatoms. The Hall–Kier alpha value is -2.86. The average Bonchev–Trinajstić information content (AvgIpc) is 2.69. The van der Waals surface area contributed by atoms with Crippen LogP contribution in [-0.2, 0) is 11.3 Å². The Kier molecular flexibility index (Phi) is 6.44. The first-order chi connectivity index (χ1) is 13.1. The molecule has 1 fully saturated rings. The molecule has 0 spiro atoms. The van der Waals surface area contributed by atoms with Crippen LogP contribution in [0.25, 0.3) is 0 Å². The summed E-state index contributed by atoms with van der Waals surface area (Å²) in [5, 5.41) is 2.89. The fourth-order valence-corrected chi connectivity index (χ4v) is 3.16. The molecule has 0 bridgehead atoms. The summed E-state index contributed by atoms with van der Waals surface area (Å²) in [7, 11) is 1.95. The third-order valence-electron chi connectivity index (χ3n) is 4.65. The van der Waals surface area contributed by atoms with E-state index in [-0.39, 0.29) is 11.9 Å². The van der Waals surface area contributed by atoms with E-state index in [0.29, 0.717) is 32.7 Å². The van der Waals surface area contributed by atoms with Gasteiger partial charge in [-0.05, 0) is 24.7 Å². The molecule has 6 nitrogen and oxygen atoms in total. The fraction of sp³-hybridized carbons (Fsp3) is 0.333. The van der Waals surface area contributed by atoms with Crippen molar-refractivity contribution in [2.75, 3.05) is 45.1 Å². The monoisotopic (exact) mass is 366 g/mol. The largest absolute Gasteiger partial charge is 0.338 e. The molecule has 2 aromatic rings. The van der Waals surface area contributed by atoms with Gasteiger partial charge in [-0.2, -0.15) is 0 Å². The smallest absolute Gasteiger partial charge is 0.321 e. The number of likely N-dealkylation sites (N-methyl/N-ethyl adjacent to an activating group) is 1. The summed E-state index contributed by atoms with van der Waals surface area (Å²) in [6.45, 7) is 3.36. The summed E-state index contributed by atoms with van der Waals surface area (Å²) in [6, 6.07) is 19.4. The van der Waals surface area contributed by atoms with Crippen molar-refractivity contribution in [2.45, 2.75) is 6.54 Å². The summed E-state index contributed by atoms with van der Waals surface area (Å²) in [6.07, 6.45) is 0. The van der Waals surface area contributed by atoms with Gasteiger partial charge >= 0.3 is 6.03 Å². The summed E-state index contributed by atoms with van der Waals surface area (Å²) < 4.78 is 0. The van der Waals surface area contributed by atoms with Crippen LogP contribution in [0.4, 0.5) is 10.5 Å². The molecule has 0 unspecified atom stereocenters. The molecule has 27 heavy (non-hydrogen) atoms. The summed E-state index contributed by atoms with van der Waals surface area (Å²) in [5.41, 5.74) is 1.97. The maximum atomic E-state index is 12.5. The number of nitrogens with zero attached hydrogens (tertiary/aromatic N) is 3. The highest BCUT2D eigenvalue weighted by atomic mass is 16.2. The Bertz CT molecular complexity index is 743. The number of piperazine rings is 1. The van der Waals surface area contributed by atoms with Crippen molar-refractivity contribution in [3.63, 3.8) is 0 Å². The molecule has 0 saturated carbocycles. The van der Waals surface area contributed by atoms with Crippen molar-refractivity contribution in [3.8, 4) is 0 Å². The van der Waals surface area contributed by atoms with Gasteiger partial charge in [0.2, 0.25) is 5.91 Å². The number of anilines is 1. The van der Waals surface area contributed by atoms with Gasteiger partial charge in [-0.25, -0.2) is 4.79 Å². The van der Waals surface area contributed by atoms with E-state index in [0.717, 1.165) is 12.2 Å². The first-order valence-electron chi connectivity index (χ1n) is 9.23. The second-order valence-electron chi connectivity index (χ2n) is 6.82. The number of nitrogens with one attached hydrogen (secondary N) is 1. The van der Waals surface area contributed by atoms with E-state index in [1.807, 2.05) is 65.4 Å². The van der Waals surface area contributed by atoms with Crippen molar-refractivity contribution >= 4 is 17.6 Å². The van der Waals surface area contributed by atoms with E-state index in [4.69, 9.17) is 0 Å². The molecular weight excluding hydrogens is 340 g/mol. The molecule has 1 aliphatic rings. The Balaban J connectivity index is 1.43. The minimum absolute atomic E-state index is 0.108. The normalized spacial score (nSPS) is 14.3. The van der Waals surface area contributed by atoms with Gasteiger partial charge in [-0.15, -0.1) is 0 Å². The van der Waals surface area contributed by atoms with Gasteiger partial charge in [0, 0.05) is 38.4 Å². The van der Waals surface area contributed by atoms with E-state index in [9.17, 15) is 9.59 Å². The van der Waals surface area contributed by atoms with Crippen molar-refractivity contribution in [2.24, 2.45) is 0 Å². The maximum Gasteiger partial charge on any atom is 0.321 e. The number of benzene rings is 2. The van der Waals surface area contributed by atoms with Crippen LogP contribution >= 0.6 is 0 Å². The second kappa shape index (κ2) is 9.19. The van der Waals surface area contributed by atoms with Crippen LogP contribution in [0.3, 0.4) is 0 Å². The topological polar surface area (TPSA) is 55.9 Å². The molecule has 0 aromatic heterocycles. The highest BCUT2D eigenvalue weighted by Crippen LogP contribution is 2.10. The number of para-hydroxylation sites is 1. The maximum absolute atomic E-state index is 12.5. The van der Waals surface area contributed by atoms with Crippen molar-refractivity contribution in [1.29, 1.82) is 0 Å². The van der Waals surface area contributed by atoms with E-state index >= 15 is 0 Å². The van der Waals surface area contributed by atoms with Crippen LogP contribution in [0.5, 0.6) is 0 Å². The fourth-order valence-electron chi connectivity index (χ4n) is 3.16. The van der Waals surface area contributed by atoms with Gasteiger partial charge in [-0.3, -0.25) is 9.69 Å². The predicted octanol–water partition coefficient (Wildman–Crippen LogP) is 2.49. The van der Waals surface area contributed by atoms with Crippen LogP contribution in [0, 0.1) is 0 Å². The molecule has 1 heterocycles. The van der Waals surface area contributed by atoms with E-state index in [2.05, 4.69) is 17.4 Å². The minimum Gasteiger partial charge on any atom is -0.338 e. The van der Waals surface area contributed by atoms with Gasteiger partial charge < -0.3 is 15.1 Å². The minimum atomic E-state index is -0.116. The summed E-state index contributed by atoms with van der Waals surface area (Å²) in [4.78, 5) is 30.5. The molecule has 0 radical (unpaired) electrons. The molecule has 142 valence electrons. The lowest BCUT2D eigenvalue weighted by Crippen LogP contribution is -2.53. The molecule has 3 rings (SSSR count). The highest BCUT2D eigenvalue weighted by molar-refractivity contribution is 5.89. The first-order valence-corrected chi connectivity index (χ1v) is 9.23. The molecule has 2 aromatic carbocycles. The molecule has 3 amide bonds. The number of rotatable bonds is 5. The lowest BCUT2D eigenvalue weighted by atomic mass is 10.2. The number of urea groups is 1. The summed E-state index contributed by atoms with van der Waals surface area (Å²) >= 11 is 0. The highest BCUT2D eigenvalue weighted by Gasteiger charge is 2.24. The zero-order valence-electron chi connectivity index (χ0n) is 15.7. The number of carbonyl (C=O) groups excluding carboxylic acids is 2. The van der Waals surface area contributed by atoms with Gasteiger partial charge in [-0.1, -0.05) is 48.5 Å². The van der Waals surface area contributed by atoms with Gasteiger partial charge in [0.05, 0.1) is 6.54 Å². The van der Waals surface area contributed by atoms with Crippen molar-refractivity contribution in [3.05, 3.63) is 66.2 Å². The van der Waals surface area contributed by atoms with Crippen LogP contribution in [0.2, 0.25) is 0 Å². The molecule has 1 aliphatic heterocycles. The average molecular weight is 366 g/mol. The lowest BCUT2D eigenvalue weighted by molar-refractivity contribution is -0.133. The third-order valence-corrected chi connectivity index (χ3v) is 4.65. The van der Waals surface area contributed by atoms with E-state index < -0.39 is 0 Å². The van der Waals surface area contributed by atoms with Crippen LogP contribution < -0.4 is 5.32 Å². The first kappa shape index (κ1) is 18.9. The van der Waals surface area contributed by atoms with Crippen LogP contribution in [-0.4, -0.2) is 66.4 Å². The Morgan fingerprint density at radius 2 is 1.44 bits per heavy atom. The standard InChI is InChI=1S/C21H26N4O2/c1-23(16-18-8-4-2-5-9-18)17-20(26)24-12-14-25(15-13-24)21(27)22-19-10-6-3-7-11-19/h2-11H,12-17H2,1H3,(H,22,27). The predicted molar refractivity (Wildman–Crippen MR) is 106 cm³/mol. The molecule has 1 N–H and O–H groups in total. The van der Waals surface area contributed by atoms with Crippen molar-refractivity contribution in [1.82, 2.24) is 14.7 Å². The summed E-state index contributed by atoms with van der Waals surface area (Å²) in [5.74, 6) is 0.108. The Morgan fingerprint density at radius 3 is 2.07 bits per heavy atom.